The molecule has 190 valence electrons. The molecular formula is C30H42N2O3. The molecule has 2 amide bonds. The van der Waals surface area contributed by atoms with Crippen LogP contribution in [-0.2, 0) is 9.59 Å². The van der Waals surface area contributed by atoms with E-state index in [0.29, 0.717) is 30.2 Å². The van der Waals surface area contributed by atoms with Crippen molar-refractivity contribution in [2.75, 3.05) is 13.1 Å². The summed E-state index contributed by atoms with van der Waals surface area (Å²) in [6.07, 6.45) is -0.120. The third-order valence-electron chi connectivity index (χ3n) is 7.84. The molecule has 5 atom stereocenters. The van der Waals surface area contributed by atoms with Crippen molar-refractivity contribution in [2.45, 2.75) is 66.2 Å². The molecule has 0 saturated carbocycles. The highest BCUT2D eigenvalue weighted by molar-refractivity contribution is 5.83. The Hall–Kier alpha value is -2.66. The van der Waals surface area contributed by atoms with E-state index in [1.165, 1.54) is 5.56 Å². The fourth-order valence-corrected chi connectivity index (χ4v) is 5.10. The minimum Gasteiger partial charge on any atom is -0.383 e. The first-order valence-corrected chi connectivity index (χ1v) is 13.0. The Bertz CT molecular complexity index is 960. The van der Waals surface area contributed by atoms with Gasteiger partial charge < -0.3 is 14.9 Å². The van der Waals surface area contributed by atoms with Crippen LogP contribution in [0.3, 0.4) is 0 Å². The maximum absolute atomic E-state index is 12.1. The van der Waals surface area contributed by atoms with Gasteiger partial charge in [-0.05, 0) is 42.7 Å². The fourth-order valence-electron chi connectivity index (χ4n) is 5.10. The average molecular weight is 479 g/mol. The first-order chi connectivity index (χ1) is 16.6. The number of benzene rings is 2. The monoisotopic (exact) mass is 478 g/mol. The van der Waals surface area contributed by atoms with Crippen LogP contribution < -0.4 is 0 Å². The van der Waals surface area contributed by atoms with Crippen molar-refractivity contribution in [3.63, 3.8) is 0 Å². The number of nitrogens with zero attached hydrogens (tertiary/aromatic N) is 2. The van der Waals surface area contributed by atoms with Gasteiger partial charge in [-0.25, -0.2) is 0 Å². The molecule has 2 aliphatic rings. The Kier molecular flexibility index (Phi) is 9.12. The highest BCUT2D eigenvalue weighted by Gasteiger charge is 2.42. The van der Waals surface area contributed by atoms with Gasteiger partial charge in [0.15, 0.2) is 0 Å². The predicted molar refractivity (Wildman–Crippen MR) is 140 cm³/mol. The largest absolute Gasteiger partial charge is 0.383 e. The number of rotatable bonds is 6. The molecule has 3 unspecified atom stereocenters. The molecule has 2 saturated heterocycles. The number of carbonyl (C=O) groups excluding carboxylic acids is 2. The second-order valence-electron chi connectivity index (χ2n) is 10.8. The van der Waals surface area contributed by atoms with Crippen molar-refractivity contribution in [2.24, 2.45) is 23.7 Å². The van der Waals surface area contributed by atoms with Crippen LogP contribution in [0.2, 0.25) is 0 Å². The molecule has 0 aliphatic carbocycles. The van der Waals surface area contributed by atoms with E-state index in [0.717, 1.165) is 18.5 Å². The average Bonchev–Trinajstić information content (AvgIpc) is 3.39. The quantitative estimate of drug-likeness (QED) is 0.598. The molecule has 2 aromatic rings. The van der Waals surface area contributed by atoms with E-state index in [-0.39, 0.29) is 23.9 Å². The van der Waals surface area contributed by atoms with Crippen molar-refractivity contribution in [3.05, 3.63) is 71.8 Å². The smallest absolute Gasteiger partial charge is 0.252 e. The molecule has 1 N–H and O–H groups in total. The molecular weight excluding hydrogens is 436 g/mol. The van der Waals surface area contributed by atoms with Gasteiger partial charge in [-0.2, -0.15) is 0 Å². The van der Waals surface area contributed by atoms with Crippen LogP contribution in [0.1, 0.15) is 71.2 Å². The van der Waals surface area contributed by atoms with Gasteiger partial charge in [-0.3, -0.25) is 9.59 Å². The molecule has 2 aromatic carbocycles. The van der Waals surface area contributed by atoms with Crippen LogP contribution in [-0.4, -0.2) is 45.9 Å². The lowest BCUT2D eigenvalue weighted by atomic mass is 9.93. The summed E-state index contributed by atoms with van der Waals surface area (Å²) in [6.45, 7) is 14.2. The number of amides is 2. The first kappa shape index (κ1) is 26.9. The zero-order chi connectivity index (χ0) is 25.7. The lowest BCUT2D eigenvalue weighted by Gasteiger charge is -2.25. The Morgan fingerprint density at radius 1 is 0.714 bits per heavy atom. The summed E-state index contributed by atoms with van der Waals surface area (Å²) in [5, 5.41) is 10.0. The maximum Gasteiger partial charge on any atom is 0.252 e. The summed E-state index contributed by atoms with van der Waals surface area (Å²) in [5.41, 5.74) is 2.34. The standard InChI is InChI=1S/C15H21NO2.C15H21NO/c1-10(2)13-9-16(15(18)14(13)17)11(3)12-7-5-4-6-8-12;1-11(2)14-9-15(17)16(10-14)12(3)13-7-5-4-6-8-13/h4-8,10-11,13-14,17H,9H2,1-3H3;4-8,11-12,14H,9-10H2,1-3H3/t11-,13?,14?;12-,14?/m11/s1. The normalized spacial score (nSPS) is 24.1. The molecule has 5 nitrogen and oxygen atoms in total. The molecule has 2 aliphatic heterocycles. The summed E-state index contributed by atoms with van der Waals surface area (Å²) in [4.78, 5) is 28.0. The molecule has 0 spiro atoms. The van der Waals surface area contributed by atoms with Gasteiger partial charge in [-0.1, -0.05) is 88.4 Å². The van der Waals surface area contributed by atoms with Crippen LogP contribution in [0.4, 0.5) is 0 Å². The van der Waals surface area contributed by atoms with E-state index in [4.69, 9.17) is 0 Å². The van der Waals surface area contributed by atoms with Gasteiger partial charge in [0.05, 0.1) is 12.1 Å². The van der Waals surface area contributed by atoms with E-state index in [2.05, 4.69) is 46.8 Å². The summed E-state index contributed by atoms with van der Waals surface area (Å²) in [7, 11) is 0. The first-order valence-electron chi connectivity index (χ1n) is 13.0. The van der Waals surface area contributed by atoms with E-state index < -0.39 is 6.10 Å². The maximum atomic E-state index is 12.1. The Morgan fingerprint density at radius 2 is 1.20 bits per heavy atom. The number of aliphatic hydroxyl groups excluding tert-OH is 1. The number of aliphatic hydroxyl groups is 1. The Morgan fingerprint density at radius 3 is 1.60 bits per heavy atom. The molecule has 0 aromatic heterocycles. The molecule has 2 heterocycles. The third-order valence-corrected chi connectivity index (χ3v) is 7.84. The topological polar surface area (TPSA) is 60.9 Å². The van der Waals surface area contributed by atoms with Gasteiger partial charge in [0.25, 0.3) is 5.91 Å². The van der Waals surface area contributed by atoms with E-state index in [1.54, 1.807) is 4.90 Å². The Balaban J connectivity index is 0.000000196. The zero-order valence-corrected chi connectivity index (χ0v) is 22.1. The second-order valence-corrected chi connectivity index (χ2v) is 10.8. The van der Waals surface area contributed by atoms with E-state index in [1.807, 2.05) is 60.4 Å². The lowest BCUT2D eigenvalue weighted by molar-refractivity contribution is -0.137. The molecule has 2 fully saturated rings. The molecule has 5 heteroatoms. The highest BCUT2D eigenvalue weighted by atomic mass is 16.3. The zero-order valence-electron chi connectivity index (χ0n) is 22.1. The van der Waals surface area contributed by atoms with E-state index >= 15 is 0 Å². The number of carbonyl (C=O) groups is 2. The van der Waals surface area contributed by atoms with Crippen LogP contribution in [0.5, 0.6) is 0 Å². The highest BCUT2D eigenvalue weighted by Crippen LogP contribution is 2.33. The summed E-state index contributed by atoms with van der Waals surface area (Å²) in [5.74, 6) is 1.64. The third kappa shape index (κ3) is 6.32. The number of hydrogen-bond acceptors (Lipinski definition) is 3. The van der Waals surface area contributed by atoms with Crippen molar-refractivity contribution in [1.29, 1.82) is 0 Å². The van der Waals surface area contributed by atoms with Gasteiger partial charge in [0.1, 0.15) is 6.10 Å². The number of hydrogen-bond donors (Lipinski definition) is 1. The number of likely N-dealkylation sites (tertiary alicyclic amines) is 2. The van der Waals surface area contributed by atoms with Gasteiger partial charge in [0.2, 0.25) is 5.91 Å². The van der Waals surface area contributed by atoms with Gasteiger partial charge in [-0.15, -0.1) is 0 Å². The minimum atomic E-state index is -0.837. The van der Waals surface area contributed by atoms with Crippen LogP contribution in [0.15, 0.2) is 60.7 Å². The van der Waals surface area contributed by atoms with Gasteiger partial charge in [0, 0.05) is 25.4 Å². The summed E-state index contributed by atoms with van der Waals surface area (Å²) < 4.78 is 0. The Labute approximate surface area is 211 Å². The van der Waals surface area contributed by atoms with Crippen LogP contribution in [0.25, 0.3) is 0 Å². The van der Waals surface area contributed by atoms with Crippen LogP contribution >= 0.6 is 0 Å². The van der Waals surface area contributed by atoms with Gasteiger partial charge >= 0.3 is 0 Å². The van der Waals surface area contributed by atoms with Crippen molar-refractivity contribution in [3.8, 4) is 0 Å². The molecule has 35 heavy (non-hydrogen) atoms. The van der Waals surface area contributed by atoms with Crippen molar-refractivity contribution in [1.82, 2.24) is 9.80 Å². The predicted octanol–water partition coefficient (Wildman–Crippen LogP) is 5.48. The SMILES string of the molecule is CC(C)C1CC(=O)N([C@H](C)c2ccccc2)C1.CC(C)C1CN([C@H](C)c2ccccc2)C(=O)C1O. The summed E-state index contributed by atoms with van der Waals surface area (Å²) in [6, 6.07) is 20.5. The minimum absolute atomic E-state index is 0.0251. The van der Waals surface area contributed by atoms with Crippen molar-refractivity contribution < 1.29 is 14.7 Å². The van der Waals surface area contributed by atoms with E-state index in [9.17, 15) is 14.7 Å². The molecule has 0 bridgehead atoms. The van der Waals surface area contributed by atoms with Crippen molar-refractivity contribution >= 4 is 11.8 Å². The molecule has 4 rings (SSSR count). The summed E-state index contributed by atoms with van der Waals surface area (Å²) >= 11 is 0. The van der Waals surface area contributed by atoms with Crippen LogP contribution in [0, 0.1) is 23.7 Å². The lowest BCUT2D eigenvalue weighted by Crippen LogP contribution is -2.32. The molecule has 0 radical (unpaired) electrons. The fraction of sp³-hybridized carbons (Fsp3) is 0.533. The second kappa shape index (κ2) is 11.9.